The van der Waals surface area contributed by atoms with Gasteiger partial charge >= 0.3 is 0 Å². The Kier molecular flexibility index (Phi) is 7.82. The van der Waals surface area contributed by atoms with E-state index in [1.165, 1.54) is 32.5 Å². The molecule has 0 N–H and O–H groups in total. The summed E-state index contributed by atoms with van der Waals surface area (Å²) in [7, 11) is 0. The van der Waals surface area contributed by atoms with E-state index in [1.807, 2.05) is 18.2 Å². The molecule has 0 bridgehead atoms. The van der Waals surface area contributed by atoms with E-state index in [9.17, 15) is 0 Å². The number of fused-ring (bicyclic) bond motifs is 3. The number of nitrogens with zero attached hydrogens (tertiary/aromatic N) is 4. The molecule has 0 saturated carbocycles. The molecule has 4 heteroatoms. The van der Waals surface area contributed by atoms with E-state index in [4.69, 9.17) is 19.9 Å². The summed E-state index contributed by atoms with van der Waals surface area (Å²) >= 11 is 0. The van der Waals surface area contributed by atoms with Crippen molar-refractivity contribution in [2.24, 2.45) is 0 Å². The maximum atomic E-state index is 5.38. The van der Waals surface area contributed by atoms with Gasteiger partial charge in [-0.2, -0.15) is 0 Å². The maximum Gasteiger partial charge on any atom is 0.160 e. The summed E-state index contributed by atoms with van der Waals surface area (Å²) in [6, 6.07) is 72.6. The van der Waals surface area contributed by atoms with Gasteiger partial charge in [-0.3, -0.25) is 0 Å². The van der Waals surface area contributed by atoms with E-state index in [2.05, 4.69) is 188 Å². The van der Waals surface area contributed by atoms with Gasteiger partial charge in [0.2, 0.25) is 0 Å². The van der Waals surface area contributed by atoms with Crippen LogP contribution in [0.3, 0.4) is 0 Å². The van der Waals surface area contributed by atoms with Gasteiger partial charge < -0.3 is 0 Å². The molecule has 60 heavy (non-hydrogen) atoms. The lowest BCUT2D eigenvalue weighted by atomic mass is 9.88. The molecule has 0 amide bonds. The summed E-state index contributed by atoms with van der Waals surface area (Å²) in [5.41, 5.74) is 13.0. The van der Waals surface area contributed by atoms with Crippen molar-refractivity contribution in [3.8, 4) is 67.5 Å². The molecule has 12 rings (SSSR count). The lowest BCUT2D eigenvalue weighted by Gasteiger charge is -2.17. The lowest BCUT2D eigenvalue weighted by molar-refractivity contribution is 1.19. The molecule has 0 aliphatic heterocycles. The third kappa shape index (κ3) is 5.69. The van der Waals surface area contributed by atoms with Gasteiger partial charge in [-0.15, -0.1) is 0 Å². The van der Waals surface area contributed by atoms with Crippen LogP contribution in [0.5, 0.6) is 0 Å². The average Bonchev–Trinajstić information content (AvgIpc) is 3.33. The molecule has 12 aromatic rings. The van der Waals surface area contributed by atoms with Crippen LogP contribution >= 0.6 is 0 Å². The zero-order valence-electron chi connectivity index (χ0n) is 32.4. The van der Waals surface area contributed by atoms with Crippen molar-refractivity contribution in [1.82, 2.24) is 19.9 Å². The Morgan fingerprint density at radius 1 is 0.250 bits per heavy atom. The van der Waals surface area contributed by atoms with Crippen molar-refractivity contribution in [2.75, 3.05) is 0 Å². The van der Waals surface area contributed by atoms with E-state index in [1.54, 1.807) is 0 Å². The number of hydrogen-bond acceptors (Lipinski definition) is 4. The zero-order chi connectivity index (χ0) is 39.6. The van der Waals surface area contributed by atoms with Gasteiger partial charge in [0.05, 0.1) is 33.8 Å². The number of hydrogen-bond donors (Lipinski definition) is 0. The number of pyridine rings is 2. The minimum Gasteiger partial charge on any atom is -0.245 e. The second kappa shape index (κ2) is 13.8. The minimum atomic E-state index is 0.694. The van der Waals surface area contributed by atoms with Crippen LogP contribution in [-0.4, -0.2) is 19.9 Å². The molecule has 0 radical (unpaired) electrons. The van der Waals surface area contributed by atoms with E-state index < -0.39 is 0 Å². The fraction of sp³-hybridized carbons (Fsp3) is 0. The smallest absolute Gasteiger partial charge is 0.160 e. The molecule has 0 fully saturated rings. The summed E-state index contributed by atoms with van der Waals surface area (Å²) in [5, 5.41) is 9.28. The van der Waals surface area contributed by atoms with Crippen molar-refractivity contribution < 1.29 is 0 Å². The second-order valence-corrected chi connectivity index (χ2v) is 15.4. The van der Waals surface area contributed by atoms with Gasteiger partial charge in [-0.1, -0.05) is 188 Å². The molecule has 0 unspecified atom stereocenters. The molecule has 278 valence electrons. The molecule has 3 heterocycles. The average molecular weight is 763 g/mol. The summed E-state index contributed by atoms with van der Waals surface area (Å²) in [5.74, 6) is 0.694. The summed E-state index contributed by atoms with van der Waals surface area (Å²) < 4.78 is 0. The predicted molar refractivity (Wildman–Crippen MR) is 249 cm³/mol. The SMILES string of the molecule is c1ccc(-c2ccc(-c3nc(-c4ccccc4)cc(-c4ccc5ccc6c(-c7ccc8ccc9ccc(-c%10ccccc%10)nc9c8n7)ccc7ccc4c5c76)n3)cc2)cc1. The number of aromatic nitrogens is 4. The van der Waals surface area contributed by atoms with E-state index in [0.717, 1.165) is 83.3 Å². The summed E-state index contributed by atoms with van der Waals surface area (Å²) in [6.07, 6.45) is 0. The van der Waals surface area contributed by atoms with Gasteiger partial charge in [0.15, 0.2) is 5.82 Å². The van der Waals surface area contributed by atoms with Crippen molar-refractivity contribution >= 4 is 54.1 Å². The first-order valence-electron chi connectivity index (χ1n) is 20.3. The molecule has 3 aromatic heterocycles. The van der Waals surface area contributed by atoms with Crippen molar-refractivity contribution in [1.29, 1.82) is 0 Å². The highest BCUT2D eigenvalue weighted by atomic mass is 14.9. The fourth-order valence-electron chi connectivity index (χ4n) is 8.85. The van der Waals surface area contributed by atoms with E-state index in [0.29, 0.717) is 5.82 Å². The lowest BCUT2D eigenvalue weighted by Crippen LogP contribution is -1.97. The van der Waals surface area contributed by atoms with E-state index >= 15 is 0 Å². The molecule has 0 atom stereocenters. The van der Waals surface area contributed by atoms with Crippen LogP contribution in [-0.2, 0) is 0 Å². The topological polar surface area (TPSA) is 51.6 Å². The van der Waals surface area contributed by atoms with Crippen molar-refractivity contribution in [2.45, 2.75) is 0 Å². The Labute approximate surface area is 346 Å². The summed E-state index contributed by atoms with van der Waals surface area (Å²) in [6.45, 7) is 0. The van der Waals surface area contributed by atoms with Crippen LogP contribution in [0.25, 0.3) is 122 Å². The van der Waals surface area contributed by atoms with Crippen molar-refractivity contribution in [3.05, 3.63) is 206 Å². The summed E-state index contributed by atoms with van der Waals surface area (Å²) in [4.78, 5) is 21.0. The quantitative estimate of drug-likeness (QED) is 0.158. The predicted octanol–water partition coefficient (Wildman–Crippen LogP) is 14.5. The monoisotopic (exact) mass is 762 g/mol. The number of benzene rings is 9. The Bertz CT molecular complexity index is 3570. The Morgan fingerprint density at radius 2 is 0.667 bits per heavy atom. The Balaban J connectivity index is 1.02. The van der Waals surface area contributed by atoms with Crippen LogP contribution in [0.4, 0.5) is 0 Å². The van der Waals surface area contributed by atoms with Crippen LogP contribution in [0.2, 0.25) is 0 Å². The molecule has 0 spiro atoms. The maximum absolute atomic E-state index is 5.38. The first-order valence-corrected chi connectivity index (χ1v) is 20.3. The molecule has 0 saturated heterocycles. The fourth-order valence-corrected chi connectivity index (χ4v) is 8.85. The van der Waals surface area contributed by atoms with Crippen LogP contribution in [0, 0.1) is 0 Å². The van der Waals surface area contributed by atoms with Crippen LogP contribution < -0.4 is 0 Å². The largest absolute Gasteiger partial charge is 0.245 e. The third-order valence-electron chi connectivity index (χ3n) is 11.9. The molecular weight excluding hydrogens is 729 g/mol. The van der Waals surface area contributed by atoms with Crippen LogP contribution in [0.15, 0.2) is 206 Å². The highest BCUT2D eigenvalue weighted by Crippen LogP contribution is 2.43. The molecule has 0 aliphatic rings. The van der Waals surface area contributed by atoms with Gasteiger partial charge in [-0.05, 0) is 61.6 Å². The molecule has 0 aliphatic carbocycles. The first kappa shape index (κ1) is 34.0. The van der Waals surface area contributed by atoms with Crippen LogP contribution in [0.1, 0.15) is 0 Å². The first-order chi connectivity index (χ1) is 29.7. The second-order valence-electron chi connectivity index (χ2n) is 15.4. The standard InChI is InChI=1S/C56H34N4/c1-4-10-35(11-5-1)36-16-20-43(21-17-36)56-59-50(38-14-8-3-9-15-38)34-51(60-56)45-29-23-40-24-30-46-44(28-22-39-25-31-47(45)53(40)52(39)46)49-33-27-42-19-18-41-26-32-48(37-12-6-2-7-13-37)57-54(41)55(42)58-49/h1-34H. The van der Waals surface area contributed by atoms with Crippen molar-refractivity contribution in [3.63, 3.8) is 0 Å². The van der Waals surface area contributed by atoms with Gasteiger partial charge in [-0.25, -0.2) is 19.9 Å². The van der Waals surface area contributed by atoms with Gasteiger partial charge in [0, 0.05) is 38.6 Å². The normalized spacial score (nSPS) is 11.7. The van der Waals surface area contributed by atoms with E-state index in [-0.39, 0.29) is 0 Å². The number of rotatable bonds is 6. The Morgan fingerprint density at radius 3 is 1.27 bits per heavy atom. The third-order valence-corrected chi connectivity index (χ3v) is 11.9. The molecular formula is C56H34N4. The minimum absolute atomic E-state index is 0.694. The molecule has 9 aromatic carbocycles. The van der Waals surface area contributed by atoms with Gasteiger partial charge in [0.25, 0.3) is 0 Å². The zero-order valence-corrected chi connectivity index (χ0v) is 32.4. The highest BCUT2D eigenvalue weighted by molar-refractivity contribution is 6.27. The van der Waals surface area contributed by atoms with Gasteiger partial charge in [0.1, 0.15) is 0 Å². The highest BCUT2D eigenvalue weighted by Gasteiger charge is 2.18. The molecule has 4 nitrogen and oxygen atoms in total. The Hall–Kier alpha value is -8.08.